The van der Waals surface area contributed by atoms with Gasteiger partial charge in [-0.25, -0.2) is 0 Å². The molecule has 0 aliphatic heterocycles. The van der Waals surface area contributed by atoms with Gasteiger partial charge in [-0.15, -0.1) is 0 Å². The summed E-state index contributed by atoms with van der Waals surface area (Å²) in [5.74, 6) is 1.33. The first-order valence-electron chi connectivity index (χ1n) is 6.28. The van der Waals surface area contributed by atoms with Gasteiger partial charge in [0.2, 0.25) is 0 Å². The van der Waals surface area contributed by atoms with E-state index in [1.165, 1.54) is 0 Å². The lowest BCUT2D eigenvalue weighted by atomic mass is 10.2. The Morgan fingerprint density at radius 3 is 2.75 bits per heavy atom. The van der Waals surface area contributed by atoms with E-state index in [9.17, 15) is 0 Å². The predicted octanol–water partition coefficient (Wildman–Crippen LogP) is 4.14. The second-order valence-electron chi connectivity index (χ2n) is 4.36. The number of para-hydroxylation sites is 1. The molecule has 0 amide bonds. The normalized spacial score (nSPS) is 10.7. The van der Waals surface area contributed by atoms with Crippen molar-refractivity contribution in [3.05, 3.63) is 65.3 Å². The maximum atomic E-state index is 6.21. The van der Waals surface area contributed by atoms with Crippen molar-refractivity contribution in [1.82, 2.24) is 4.98 Å². The topological polar surface area (TPSA) is 48.1 Å². The second-order valence-corrected chi connectivity index (χ2v) is 4.77. The van der Waals surface area contributed by atoms with Crippen LogP contribution >= 0.6 is 11.6 Å². The molecule has 0 aliphatic rings. The Morgan fingerprint density at radius 1 is 1.05 bits per heavy atom. The summed E-state index contributed by atoms with van der Waals surface area (Å²) < 4.78 is 5.99. The number of ether oxygens (including phenoxy) is 1. The first-order chi connectivity index (χ1) is 9.79. The van der Waals surface area contributed by atoms with Crippen LogP contribution in [0.4, 0.5) is 0 Å². The largest absolute Gasteiger partial charge is 0.455 e. The fourth-order valence-electron chi connectivity index (χ4n) is 2.10. The second kappa shape index (κ2) is 5.49. The zero-order chi connectivity index (χ0) is 13.9. The Bertz CT molecular complexity index is 753. The van der Waals surface area contributed by atoms with Gasteiger partial charge in [0.25, 0.3) is 0 Å². The molecule has 3 aromatic rings. The van der Waals surface area contributed by atoms with Crippen molar-refractivity contribution in [3.63, 3.8) is 0 Å². The molecule has 0 aliphatic carbocycles. The average molecular weight is 285 g/mol. The summed E-state index contributed by atoms with van der Waals surface area (Å²) in [6, 6.07) is 15.2. The van der Waals surface area contributed by atoms with Crippen LogP contribution in [-0.2, 0) is 6.54 Å². The summed E-state index contributed by atoms with van der Waals surface area (Å²) in [6.45, 7) is 0.374. The third kappa shape index (κ3) is 2.33. The molecule has 20 heavy (non-hydrogen) atoms. The van der Waals surface area contributed by atoms with Gasteiger partial charge in [-0.2, -0.15) is 0 Å². The van der Waals surface area contributed by atoms with Crippen molar-refractivity contribution in [1.29, 1.82) is 0 Å². The molecule has 0 fully saturated rings. The number of nitrogens with zero attached hydrogens (tertiary/aromatic N) is 1. The molecule has 3 nitrogen and oxygen atoms in total. The number of halogens is 1. The number of hydrogen-bond donors (Lipinski definition) is 1. The highest BCUT2D eigenvalue weighted by Crippen LogP contribution is 2.35. The van der Waals surface area contributed by atoms with Gasteiger partial charge >= 0.3 is 0 Å². The molecule has 2 aromatic carbocycles. The molecule has 100 valence electrons. The van der Waals surface area contributed by atoms with E-state index < -0.39 is 0 Å². The molecular formula is C16H13ClN2O. The van der Waals surface area contributed by atoms with Gasteiger partial charge in [-0.05, 0) is 30.3 Å². The SMILES string of the molecule is NCc1cccc(Cl)c1Oc1cccc2ncccc12. The van der Waals surface area contributed by atoms with Crippen LogP contribution in [-0.4, -0.2) is 4.98 Å². The quantitative estimate of drug-likeness (QED) is 0.786. The summed E-state index contributed by atoms with van der Waals surface area (Å²) in [7, 11) is 0. The molecule has 3 rings (SSSR count). The molecule has 0 spiro atoms. The minimum absolute atomic E-state index is 0.374. The van der Waals surface area contributed by atoms with E-state index in [0.717, 1.165) is 22.2 Å². The van der Waals surface area contributed by atoms with Crippen LogP contribution in [0.3, 0.4) is 0 Å². The van der Waals surface area contributed by atoms with E-state index in [-0.39, 0.29) is 0 Å². The molecule has 4 heteroatoms. The van der Waals surface area contributed by atoms with Crippen molar-refractivity contribution < 1.29 is 4.74 Å². The van der Waals surface area contributed by atoms with E-state index in [0.29, 0.717) is 17.3 Å². The van der Waals surface area contributed by atoms with Crippen LogP contribution in [0.25, 0.3) is 10.9 Å². The smallest absolute Gasteiger partial charge is 0.150 e. The Labute approximate surface area is 122 Å². The van der Waals surface area contributed by atoms with Crippen molar-refractivity contribution in [2.75, 3.05) is 0 Å². The molecule has 0 bridgehead atoms. The fourth-order valence-corrected chi connectivity index (χ4v) is 2.34. The van der Waals surface area contributed by atoms with Crippen LogP contribution < -0.4 is 10.5 Å². The van der Waals surface area contributed by atoms with Gasteiger partial charge in [0.15, 0.2) is 5.75 Å². The molecule has 2 N–H and O–H groups in total. The van der Waals surface area contributed by atoms with E-state index in [1.54, 1.807) is 12.3 Å². The summed E-state index contributed by atoms with van der Waals surface area (Å²) in [4.78, 5) is 4.31. The Hall–Kier alpha value is -2.10. The van der Waals surface area contributed by atoms with Crippen LogP contribution in [0.15, 0.2) is 54.7 Å². The summed E-state index contributed by atoms with van der Waals surface area (Å²) in [5, 5.41) is 1.49. The van der Waals surface area contributed by atoms with Crippen LogP contribution in [0, 0.1) is 0 Å². The van der Waals surface area contributed by atoms with Crippen molar-refractivity contribution in [2.24, 2.45) is 5.73 Å². The van der Waals surface area contributed by atoms with Crippen LogP contribution in [0.1, 0.15) is 5.56 Å². The first kappa shape index (κ1) is 12.9. The molecule has 1 aromatic heterocycles. The van der Waals surface area contributed by atoms with Gasteiger partial charge in [-0.3, -0.25) is 4.98 Å². The maximum Gasteiger partial charge on any atom is 0.150 e. The number of benzene rings is 2. The van der Waals surface area contributed by atoms with Gasteiger partial charge < -0.3 is 10.5 Å². The highest BCUT2D eigenvalue weighted by atomic mass is 35.5. The third-order valence-electron chi connectivity index (χ3n) is 3.09. The fraction of sp³-hybridized carbons (Fsp3) is 0.0625. The molecular weight excluding hydrogens is 272 g/mol. The van der Waals surface area contributed by atoms with Crippen molar-refractivity contribution in [3.8, 4) is 11.5 Å². The number of pyridine rings is 1. The molecule has 0 radical (unpaired) electrons. The lowest BCUT2D eigenvalue weighted by molar-refractivity contribution is 0.482. The van der Waals surface area contributed by atoms with Crippen molar-refractivity contribution >= 4 is 22.5 Å². The monoisotopic (exact) mass is 284 g/mol. The minimum Gasteiger partial charge on any atom is -0.455 e. The first-order valence-corrected chi connectivity index (χ1v) is 6.66. The Morgan fingerprint density at radius 2 is 1.90 bits per heavy atom. The minimum atomic E-state index is 0.374. The van der Waals surface area contributed by atoms with Gasteiger partial charge in [-0.1, -0.05) is 29.8 Å². The van der Waals surface area contributed by atoms with E-state index in [4.69, 9.17) is 22.1 Å². The van der Waals surface area contributed by atoms with Crippen molar-refractivity contribution in [2.45, 2.75) is 6.54 Å². The molecule has 0 saturated carbocycles. The lowest BCUT2D eigenvalue weighted by Gasteiger charge is -2.13. The number of fused-ring (bicyclic) bond motifs is 1. The number of nitrogens with two attached hydrogens (primary N) is 1. The molecule has 1 heterocycles. The van der Waals surface area contributed by atoms with E-state index >= 15 is 0 Å². The Balaban J connectivity index is 2.10. The van der Waals surface area contributed by atoms with Gasteiger partial charge in [0.05, 0.1) is 10.5 Å². The third-order valence-corrected chi connectivity index (χ3v) is 3.38. The molecule has 0 unspecified atom stereocenters. The summed E-state index contributed by atoms with van der Waals surface area (Å²) in [6.07, 6.45) is 1.76. The summed E-state index contributed by atoms with van der Waals surface area (Å²) in [5.41, 5.74) is 7.49. The van der Waals surface area contributed by atoms with Gasteiger partial charge in [0, 0.05) is 23.7 Å². The molecule has 0 atom stereocenters. The lowest BCUT2D eigenvalue weighted by Crippen LogP contribution is -2.00. The zero-order valence-corrected chi connectivity index (χ0v) is 11.5. The Kier molecular flexibility index (Phi) is 3.54. The predicted molar refractivity (Wildman–Crippen MR) is 81.2 cm³/mol. The number of aromatic nitrogens is 1. The zero-order valence-electron chi connectivity index (χ0n) is 10.7. The standard InChI is InChI=1S/C16H13ClN2O/c17-13-6-1-4-11(10-18)16(13)20-15-8-2-7-14-12(15)5-3-9-19-14/h1-9H,10,18H2. The highest BCUT2D eigenvalue weighted by molar-refractivity contribution is 6.32. The van der Waals surface area contributed by atoms with E-state index in [1.807, 2.05) is 42.5 Å². The maximum absolute atomic E-state index is 6.21. The average Bonchev–Trinajstić information content (AvgIpc) is 2.49. The van der Waals surface area contributed by atoms with Crippen LogP contribution in [0.5, 0.6) is 11.5 Å². The van der Waals surface area contributed by atoms with Crippen LogP contribution in [0.2, 0.25) is 5.02 Å². The number of hydrogen-bond acceptors (Lipinski definition) is 3. The van der Waals surface area contributed by atoms with E-state index in [2.05, 4.69) is 4.98 Å². The molecule has 0 saturated heterocycles. The van der Waals surface area contributed by atoms with Gasteiger partial charge in [0.1, 0.15) is 5.75 Å². The highest BCUT2D eigenvalue weighted by Gasteiger charge is 2.10. The number of rotatable bonds is 3. The summed E-state index contributed by atoms with van der Waals surface area (Å²) >= 11 is 6.21.